The van der Waals surface area contributed by atoms with Gasteiger partial charge in [-0.3, -0.25) is 0 Å². The molecule has 0 bridgehead atoms. The van der Waals surface area contributed by atoms with E-state index in [-0.39, 0.29) is 0 Å². The first-order valence-corrected chi connectivity index (χ1v) is 6.27. The molecule has 94 valence electrons. The van der Waals surface area contributed by atoms with Gasteiger partial charge in [0.25, 0.3) is 0 Å². The van der Waals surface area contributed by atoms with Crippen LogP contribution in [0, 0.1) is 0 Å². The molecule has 1 unspecified atom stereocenters. The van der Waals surface area contributed by atoms with E-state index < -0.39 is 0 Å². The Hall–Kier alpha value is -0.120. The molecule has 0 aliphatic carbocycles. The van der Waals surface area contributed by atoms with Crippen molar-refractivity contribution in [2.24, 2.45) is 0 Å². The number of hydrogen-bond donors (Lipinski definition) is 1. The summed E-state index contributed by atoms with van der Waals surface area (Å²) < 4.78 is 5.61. The average Bonchev–Trinajstić information content (AvgIpc) is 2.71. The second-order valence-corrected chi connectivity index (χ2v) is 3.15. The lowest BCUT2D eigenvalue weighted by molar-refractivity contribution is 0.0637. The van der Waals surface area contributed by atoms with E-state index in [1.54, 1.807) is 0 Å². The third-order valence-corrected chi connectivity index (χ3v) is 2.05. The summed E-state index contributed by atoms with van der Waals surface area (Å²) in [5.74, 6) is 0. The van der Waals surface area contributed by atoms with Gasteiger partial charge in [-0.25, -0.2) is 0 Å². The summed E-state index contributed by atoms with van der Waals surface area (Å²) >= 11 is 0. The second kappa shape index (κ2) is 13.9. The minimum atomic E-state index is 0.480. The highest BCUT2D eigenvalue weighted by molar-refractivity contribution is 4.72. The molecule has 3 heteroatoms. The van der Waals surface area contributed by atoms with E-state index in [0.29, 0.717) is 6.10 Å². The zero-order valence-electron chi connectivity index (χ0n) is 11.5. The van der Waals surface area contributed by atoms with Crippen LogP contribution in [-0.2, 0) is 4.74 Å². The van der Waals surface area contributed by atoms with E-state index in [1.165, 1.54) is 13.0 Å². The molecule has 3 nitrogen and oxygen atoms in total. The van der Waals surface area contributed by atoms with Crippen molar-refractivity contribution in [3.8, 4) is 0 Å². The smallest absolute Gasteiger partial charge is 0.0714 e. The van der Waals surface area contributed by atoms with Gasteiger partial charge in [-0.05, 0) is 20.5 Å². The molecule has 1 saturated heterocycles. The van der Waals surface area contributed by atoms with Gasteiger partial charge < -0.3 is 15.0 Å². The summed E-state index contributed by atoms with van der Waals surface area (Å²) in [6.45, 7) is 12.1. The van der Waals surface area contributed by atoms with Crippen molar-refractivity contribution in [2.45, 2.75) is 40.2 Å². The van der Waals surface area contributed by atoms with Crippen LogP contribution in [0.1, 0.15) is 34.1 Å². The monoisotopic (exact) mass is 218 g/mol. The normalized spacial score (nSPS) is 20.0. The van der Waals surface area contributed by atoms with Gasteiger partial charge in [-0.2, -0.15) is 0 Å². The number of ether oxygens (including phenoxy) is 1. The molecule has 0 spiro atoms. The Labute approximate surface area is 96.2 Å². The first-order valence-electron chi connectivity index (χ1n) is 6.27. The van der Waals surface area contributed by atoms with E-state index in [0.717, 1.165) is 19.7 Å². The van der Waals surface area contributed by atoms with Crippen molar-refractivity contribution in [1.82, 2.24) is 10.2 Å². The van der Waals surface area contributed by atoms with Crippen LogP contribution < -0.4 is 5.32 Å². The number of rotatable bonds is 4. The number of nitrogens with zero attached hydrogens (tertiary/aromatic N) is 1. The van der Waals surface area contributed by atoms with E-state index in [2.05, 4.69) is 17.3 Å². The van der Waals surface area contributed by atoms with Gasteiger partial charge in [0.05, 0.1) is 12.7 Å². The van der Waals surface area contributed by atoms with Crippen molar-refractivity contribution in [3.63, 3.8) is 0 Å². The van der Waals surface area contributed by atoms with Gasteiger partial charge in [0, 0.05) is 19.6 Å². The van der Waals surface area contributed by atoms with Crippen LogP contribution in [0.3, 0.4) is 0 Å². The Morgan fingerprint density at radius 2 is 1.87 bits per heavy atom. The molecule has 1 atom stereocenters. The molecule has 1 aliphatic heterocycles. The van der Waals surface area contributed by atoms with Crippen LogP contribution in [-0.4, -0.2) is 51.3 Å². The van der Waals surface area contributed by atoms with E-state index >= 15 is 0 Å². The van der Waals surface area contributed by atoms with E-state index in [1.807, 2.05) is 34.7 Å². The number of nitrogens with one attached hydrogen (secondary N) is 1. The van der Waals surface area contributed by atoms with Crippen molar-refractivity contribution >= 4 is 0 Å². The minimum absolute atomic E-state index is 0.480. The molecule has 0 aromatic carbocycles. The molecule has 1 aliphatic rings. The molecule has 15 heavy (non-hydrogen) atoms. The SMILES string of the molecule is CC.CC.CNCCOC1CCN(C)C1. The van der Waals surface area contributed by atoms with Gasteiger partial charge in [-0.1, -0.05) is 27.7 Å². The highest BCUT2D eigenvalue weighted by Crippen LogP contribution is 2.09. The number of likely N-dealkylation sites (N-methyl/N-ethyl adjacent to an activating group) is 2. The summed E-state index contributed by atoms with van der Waals surface area (Å²) in [7, 11) is 4.09. The molecule has 1 rings (SSSR count). The molecule has 1 fully saturated rings. The Kier molecular flexibility index (Phi) is 16.0. The molecule has 0 radical (unpaired) electrons. The highest BCUT2D eigenvalue weighted by atomic mass is 16.5. The maximum absolute atomic E-state index is 5.61. The van der Waals surface area contributed by atoms with Gasteiger partial charge in [-0.15, -0.1) is 0 Å². The van der Waals surface area contributed by atoms with Crippen LogP contribution >= 0.6 is 0 Å². The fraction of sp³-hybridized carbons (Fsp3) is 1.00. The van der Waals surface area contributed by atoms with Crippen LogP contribution in [0.25, 0.3) is 0 Å². The van der Waals surface area contributed by atoms with Crippen LogP contribution in [0.15, 0.2) is 0 Å². The molecule has 1 heterocycles. The summed E-state index contributed by atoms with van der Waals surface area (Å²) in [6, 6.07) is 0. The van der Waals surface area contributed by atoms with E-state index in [4.69, 9.17) is 4.74 Å². The number of likely N-dealkylation sites (tertiary alicyclic amines) is 1. The zero-order chi connectivity index (χ0) is 12.1. The fourth-order valence-electron chi connectivity index (χ4n) is 1.36. The van der Waals surface area contributed by atoms with Crippen molar-refractivity contribution in [2.75, 3.05) is 40.3 Å². The zero-order valence-corrected chi connectivity index (χ0v) is 11.5. The Balaban J connectivity index is 0. The Morgan fingerprint density at radius 1 is 1.27 bits per heavy atom. The lowest BCUT2D eigenvalue weighted by atomic mass is 10.3. The quantitative estimate of drug-likeness (QED) is 0.730. The molecule has 0 saturated carbocycles. The predicted molar refractivity (Wildman–Crippen MR) is 68.5 cm³/mol. The van der Waals surface area contributed by atoms with Crippen LogP contribution in [0.2, 0.25) is 0 Å². The molecule has 0 aromatic heterocycles. The van der Waals surface area contributed by atoms with Crippen LogP contribution in [0.4, 0.5) is 0 Å². The first kappa shape index (κ1) is 17.3. The van der Waals surface area contributed by atoms with Crippen molar-refractivity contribution < 1.29 is 4.74 Å². The fourth-order valence-corrected chi connectivity index (χ4v) is 1.36. The maximum Gasteiger partial charge on any atom is 0.0714 e. The predicted octanol–water partition coefficient (Wildman–Crippen LogP) is 1.98. The Bertz CT molecular complexity index is 110. The van der Waals surface area contributed by atoms with E-state index in [9.17, 15) is 0 Å². The molecular formula is C12H30N2O. The topological polar surface area (TPSA) is 24.5 Å². The number of hydrogen-bond acceptors (Lipinski definition) is 3. The Morgan fingerprint density at radius 3 is 2.27 bits per heavy atom. The second-order valence-electron chi connectivity index (χ2n) is 3.15. The summed E-state index contributed by atoms with van der Waals surface area (Å²) in [6.07, 6.45) is 1.67. The van der Waals surface area contributed by atoms with Crippen molar-refractivity contribution in [3.05, 3.63) is 0 Å². The molecule has 0 aromatic rings. The van der Waals surface area contributed by atoms with Crippen LogP contribution in [0.5, 0.6) is 0 Å². The molecule has 0 amide bonds. The van der Waals surface area contributed by atoms with Gasteiger partial charge in [0.1, 0.15) is 0 Å². The van der Waals surface area contributed by atoms with Crippen molar-refractivity contribution in [1.29, 1.82) is 0 Å². The maximum atomic E-state index is 5.61. The lowest BCUT2D eigenvalue weighted by Gasteiger charge is -2.11. The van der Waals surface area contributed by atoms with Gasteiger partial charge in [0.2, 0.25) is 0 Å². The summed E-state index contributed by atoms with van der Waals surface area (Å²) in [5.41, 5.74) is 0. The summed E-state index contributed by atoms with van der Waals surface area (Å²) in [4.78, 5) is 2.31. The highest BCUT2D eigenvalue weighted by Gasteiger charge is 2.18. The molecular weight excluding hydrogens is 188 g/mol. The third-order valence-electron chi connectivity index (χ3n) is 2.05. The van der Waals surface area contributed by atoms with Gasteiger partial charge >= 0.3 is 0 Å². The standard InChI is InChI=1S/C8H18N2O.2C2H6/c1-9-4-6-11-8-3-5-10(2)7-8;2*1-2/h8-9H,3-7H2,1-2H3;2*1-2H3. The first-order chi connectivity index (χ1) is 7.33. The lowest BCUT2D eigenvalue weighted by Crippen LogP contribution is -2.23. The average molecular weight is 218 g/mol. The molecule has 1 N–H and O–H groups in total. The largest absolute Gasteiger partial charge is 0.376 e. The minimum Gasteiger partial charge on any atom is -0.376 e. The van der Waals surface area contributed by atoms with Gasteiger partial charge in [0.15, 0.2) is 0 Å². The summed E-state index contributed by atoms with van der Waals surface area (Å²) in [5, 5.41) is 3.06. The third kappa shape index (κ3) is 10.2.